The molecule has 0 spiro atoms. The van der Waals surface area contributed by atoms with Gasteiger partial charge in [-0.2, -0.15) is 0 Å². The van der Waals surface area contributed by atoms with Gasteiger partial charge in [0.2, 0.25) is 5.91 Å². The van der Waals surface area contributed by atoms with Gasteiger partial charge in [-0.25, -0.2) is 0 Å². The van der Waals surface area contributed by atoms with Crippen LogP contribution in [-0.4, -0.2) is 23.5 Å². The molecule has 6 heteroatoms. The lowest BCUT2D eigenvalue weighted by molar-refractivity contribution is -0.157. The monoisotopic (exact) mass is 466 g/mol. The first-order chi connectivity index (χ1) is 15.2. The number of benzene rings is 3. The zero-order valence-electron chi connectivity index (χ0n) is 19.2. The quantitative estimate of drug-likeness (QED) is 0.394. The van der Waals surface area contributed by atoms with Gasteiger partial charge < -0.3 is 15.8 Å². The Hall–Kier alpha value is -3.15. The summed E-state index contributed by atoms with van der Waals surface area (Å²) in [6.07, 6.45) is -0.191. The highest BCUT2D eigenvalue weighted by Crippen LogP contribution is 2.36. The van der Waals surface area contributed by atoms with E-state index in [1.54, 1.807) is 20.8 Å². The Kier molecular flexibility index (Phi) is 8.80. The van der Waals surface area contributed by atoms with Gasteiger partial charge in [-0.1, -0.05) is 91.0 Å². The summed E-state index contributed by atoms with van der Waals surface area (Å²) in [5, 5.41) is 3.20. The zero-order valence-corrected chi connectivity index (χ0v) is 20.0. The summed E-state index contributed by atoms with van der Waals surface area (Å²) in [7, 11) is 0. The van der Waals surface area contributed by atoms with Gasteiger partial charge in [0.1, 0.15) is 17.2 Å². The summed E-state index contributed by atoms with van der Waals surface area (Å²) < 4.78 is 5.34. The third-order valence-electron chi connectivity index (χ3n) is 5.06. The number of hydrogen-bond donors (Lipinski definition) is 2. The Morgan fingerprint density at radius 1 is 0.788 bits per heavy atom. The van der Waals surface area contributed by atoms with Crippen LogP contribution in [0.15, 0.2) is 91.0 Å². The Bertz CT molecular complexity index is 939. The number of carbonyl (C=O) groups is 2. The Morgan fingerprint density at radius 3 is 1.48 bits per heavy atom. The summed E-state index contributed by atoms with van der Waals surface area (Å²) in [4.78, 5) is 25.6. The fraction of sp³-hybridized carbons (Fsp3) is 0.259. The van der Waals surface area contributed by atoms with Crippen LogP contribution in [0.4, 0.5) is 0 Å². The molecular formula is C27H31ClN2O3. The Balaban J connectivity index is 0.00000385. The van der Waals surface area contributed by atoms with Crippen molar-refractivity contribution in [1.29, 1.82) is 0 Å². The average Bonchev–Trinajstić information content (AvgIpc) is 2.78. The molecule has 3 rings (SSSR count). The molecule has 0 aliphatic heterocycles. The molecule has 1 amide bonds. The molecule has 1 atom stereocenters. The number of halogens is 1. The molecule has 0 aliphatic carbocycles. The minimum Gasteiger partial charge on any atom is -0.459 e. The number of amides is 1. The second-order valence-corrected chi connectivity index (χ2v) is 8.74. The zero-order chi connectivity index (χ0) is 23.2. The number of carbonyl (C=O) groups excluding carboxylic acids is 2. The number of nitrogens with two attached hydrogens (primary N) is 1. The summed E-state index contributed by atoms with van der Waals surface area (Å²) in [6.45, 7) is 5.30. The van der Waals surface area contributed by atoms with Crippen LogP contribution in [-0.2, 0) is 19.9 Å². The molecule has 0 heterocycles. The predicted molar refractivity (Wildman–Crippen MR) is 133 cm³/mol. The van der Waals surface area contributed by atoms with E-state index in [1.165, 1.54) is 0 Å². The normalized spacial score (nSPS) is 12.2. The van der Waals surface area contributed by atoms with Crippen molar-refractivity contribution in [2.75, 3.05) is 0 Å². The maximum atomic E-state index is 13.3. The summed E-state index contributed by atoms with van der Waals surface area (Å²) in [6, 6.07) is 28.3. The molecule has 0 aliphatic rings. The van der Waals surface area contributed by atoms with Crippen molar-refractivity contribution in [3.8, 4) is 0 Å². The van der Waals surface area contributed by atoms with Crippen LogP contribution in [0.5, 0.6) is 0 Å². The van der Waals surface area contributed by atoms with E-state index in [2.05, 4.69) is 5.32 Å². The van der Waals surface area contributed by atoms with Gasteiger partial charge in [0, 0.05) is 0 Å². The van der Waals surface area contributed by atoms with Gasteiger partial charge in [0.15, 0.2) is 0 Å². The fourth-order valence-corrected chi connectivity index (χ4v) is 3.70. The van der Waals surface area contributed by atoms with Gasteiger partial charge in [0.25, 0.3) is 0 Å². The highest BCUT2D eigenvalue weighted by molar-refractivity contribution is 5.86. The van der Waals surface area contributed by atoms with Crippen LogP contribution in [0.2, 0.25) is 0 Å². The van der Waals surface area contributed by atoms with Crippen molar-refractivity contribution in [1.82, 2.24) is 5.32 Å². The molecule has 3 aromatic carbocycles. The van der Waals surface area contributed by atoms with Gasteiger partial charge in [-0.15, -0.1) is 12.4 Å². The molecule has 0 saturated heterocycles. The van der Waals surface area contributed by atoms with Crippen LogP contribution in [0.25, 0.3) is 0 Å². The summed E-state index contributed by atoms with van der Waals surface area (Å²) >= 11 is 0. The number of nitrogens with one attached hydrogen (secondary N) is 1. The van der Waals surface area contributed by atoms with Crippen molar-refractivity contribution in [3.05, 3.63) is 108 Å². The predicted octanol–water partition coefficient (Wildman–Crippen LogP) is 4.58. The van der Waals surface area contributed by atoms with Crippen molar-refractivity contribution in [2.24, 2.45) is 5.73 Å². The first-order valence-electron chi connectivity index (χ1n) is 10.7. The second kappa shape index (κ2) is 11.1. The third-order valence-corrected chi connectivity index (χ3v) is 5.06. The SMILES string of the molecule is CC(C)(C)OC(=O)C(N)CC(=O)NC(c1ccccc1)(c1ccccc1)c1ccccc1.Cl. The highest BCUT2D eigenvalue weighted by atomic mass is 35.5. The smallest absolute Gasteiger partial charge is 0.323 e. The lowest BCUT2D eigenvalue weighted by atomic mass is 9.77. The van der Waals surface area contributed by atoms with Gasteiger partial charge in [0.05, 0.1) is 6.42 Å². The second-order valence-electron chi connectivity index (χ2n) is 8.74. The maximum Gasteiger partial charge on any atom is 0.323 e. The molecule has 0 bridgehead atoms. The summed E-state index contributed by atoms with van der Waals surface area (Å²) in [5.41, 5.74) is 7.10. The largest absolute Gasteiger partial charge is 0.459 e. The highest BCUT2D eigenvalue weighted by Gasteiger charge is 2.38. The van der Waals surface area contributed by atoms with Gasteiger partial charge >= 0.3 is 5.97 Å². The minimum absolute atomic E-state index is 0. The average molecular weight is 467 g/mol. The fourth-order valence-electron chi connectivity index (χ4n) is 3.70. The molecule has 3 N–H and O–H groups in total. The minimum atomic E-state index is -1.06. The van der Waals surface area contributed by atoms with E-state index in [-0.39, 0.29) is 24.7 Å². The lowest BCUT2D eigenvalue weighted by Gasteiger charge is -2.37. The van der Waals surface area contributed by atoms with Crippen LogP contribution in [0.3, 0.4) is 0 Å². The molecule has 1 unspecified atom stereocenters. The molecule has 0 radical (unpaired) electrons. The Morgan fingerprint density at radius 2 is 1.15 bits per heavy atom. The van der Waals surface area contributed by atoms with Gasteiger partial charge in [-0.05, 0) is 37.5 Å². The molecule has 3 aromatic rings. The van der Waals surface area contributed by atoms with Gasteiger partial charge in [-0.3, -0.25) is 9.59 Å². The van der Waals surface area contributed by atoms with E-state index in [9.17, 15) is 9.59 Å². The number of ether oxygens (including phenoxy) is 1. The molecule has 0 fully saturated rings. The van der Waals surface area contributed by atoms with E-state index in [0.717, 1.165) is 16.7 Å². The van der Waals surface area contributed by atoms with E-state index in [1.807, 2.05) is 91.0 Å². The molecule has 174 valence electrons. The Labute approximate surface area is 201 Å². The van der Waals surface area contributed by atoms with Crippen LogP contribution < -0.4 is 11.1 Å². The van der Waals surface area contributed by atoms with E-state index >= 15 is 0 Å². The molecule has 33 heavy (non-hydrogen) atoms. The first kappa shape index (κ1) is 26.1. The summed E-state index contributed by atoms with van der Waals surface area (Å²) in [5.74, 6) is -0.947. The van der Waals surface area contributed by atoms with E-state index < -0.39 is 23.2 Å². The molecular weight excluding hydrogens is 436 g/mol. The van der Waals surface area contributed by atoms with Crippen LogP contribution in [0, 0.1) is 0 Å². The van der Waals surface area contributed by atoms with Crippen molar-refractivity contribution < 1.29 is 14.3 Å². The molecule has 0 aromatic heterocycles. The van der Waals surface area contributed by atoms with Crippen LogP contribution in [0.1, 0.15) is 43.9 Å². The maximum absolute atomic E-state index is 13.3. The number of rotatable bonds is 7. The number of esters is 1. The van der Waals surface area contributed by atoms with Crippen LogP contribution >= 0.6 is 12.4 Å². The standard InChI is InChI=1S/C27H30N2O3.ClH/c1-26(2,3)32-25(31)23(28)19-24(30)29-27(20-13-7-4-8-14-20,21-15-9-5-10-16-21)22-17-11-6-12-18-22;/h4-18,23H,19,28H2,1-3H3,(H,29,30);1H. The first-order valence-corrected chi connectivity index (χ1v) is 10.7. The molecule has 0 saturated carbocycles. The molecule has 5 nitrogen and oxygen atoms in total. The van der Waals surface area contributed by atoms with E-state index in [0.29, 0.717) is 0 Å². The third kappa shape index (κ3) is 6.44. The topological polar surface area (TPSA) is 81.4 Å². The number of hydrogen-bond acceptors (Lipinski definition) is 4. The van der Waals surface area contributed by atoms with Crippen molar-refractivity contribution in [3.63, 3.8) is 0 Å². The van der Waals surface area contributed by atoms with Crippen molar-refractivity contribution >= 4 is 24.3 Å². The lowest BCUT2D eigenvalue weighted by Crippen LogP contribution is -2.50. The van der Waals surface area contributed by atoms with Crippen molar-refractivity contribution in [2.45, 2.75) is 44.4 Å². The van der Waals surface area contributed by atoms with E-state index in [4.69, 9.17) is 10.5 Å².